The Bertz CT molecular complexity index is 261. The van der Waals surface area contributed by atoms with Gasteiger partial charge in [-0.2, -0.15) is 4.98 Å². The lowest BCUT2D eigenvalue weighted by Crippen LogP contribution is -1.98. The topological polar surface area (TPSA) is 44.2 Å². The molecule has 0 bridgehead atoms. The lowest BCUT2D eigenvalue weighted by atomic mass is 10.5. The van der Waals surface area contributed by atoms with Crippen LogP contribution in [0.4, 0.5) is 0 Å². The summed E-state index contributed by atoms with van der Waals surface area (Å²) in [6.07, 6.45) is 0. The van der Waals surface area contributed by atoms with Crippen molar-refractivity contribution in [2.75, 3.05) is 14.2 Å². The fourth-order valence-corrected chi connectivity index (χ4v) is 0.984. The zero-order chi connectivity index (χ0) is 9.14. The van der Waals surface area contributed by atoms with Crippen LogP contribution < -0.4 is 9.47 Å². The van der Waals surface area contributed by atoms with Crippen molar-refractivity contribution in [3.63, 3.8) is 0 Å². The fraction of sp³-hybridized carbons (Fsp3) is 0.429. The highest BCUT2D eigenvalue weighted by atomic mass is 35.5. The predicted molar refractivity (Wildman–Crippen MR) is 44.9 cm³/mol. The maximum absolute atomic E-state index is 5.70. The van der Waals surface area contributed by atoms with E-state index in [1.54, 1.807) is 6.92 Å². The zero-order valence-electron chi connectivity index (χ0n) is 7.09. The molecule has 0 unspecified atom stereocenters. The van der Waals surface area contributed by atoms with E-state index in [9.17, 15) is 0 Å². The summed E-state index contributed by atoms with van der Waals surface area (Å²) < 4.78 is 9.78. The average molecular weight is 189 g/mol. The van der Waals surface area contributed by atoms with Crippen LogP contribution in [0.15, 0.2) is 0 Å². The molecule has 0 aliphatic carbocycles. The van der Waals surface area contributed by atoms with Gasteiger partial charge in [0, 0.05) is 0 Å². The highest BCUT2D eigenvalue weighted by molar-refractivity contribution is 6.30. The first kappa shape index (κ1) is 9.06. The van der Waals surface area contributed by atoms with Crippen molar-refractivity contribution in [1.82, 2.24) is 9.97 Å². The molecule has 0 atom stereocenters. The number of halogens is 1. The Morgan fingerprint density at radius 1 is 1.08 bits per heavy atom. The third-order valence-electron chi connectivity index (χ3n) is 1.34. The van der Waals surface area contributed by atoms with Crippen LogP contribution in [0.5, 0.6) is 11.8 Å². The number of rotatable bonds is 2. The largest absolute Gasteiger partial charge is 0.480 e. The molecule has 1 aromatic heterocycles. The molecule has 4 nitrogen and oxygen atoms in total. The highest BCUT2D eigenvalue weighted by Gasteiger charge is 2.09. The van der Waals surface area contributed by atoms with E-state index < -0.39 is 0 Å². The lowest BCUT2D eigenvalue weighted by molar-refractivity contribution is 0.371. The van der Waals surface area contributed by atoms with Crippen molar-refractivity contribution in [3.05, 3.63) is 10.8 Å². The van der Waals surface area contributed by atoms with Gasteiger partial charge in [-0.25, -0.2) is 4.98 Å². The maximum Gasteiger partial charge on any atom is 0.252 e. The molecule has 0 radical (unpaired) electrons. The molecule has 0 aliphatic rings. The van der Waals surface area contributed by atoms with Crippen LogP contribution in [0.25, 0.3) is 0 Å². The van der Waals surface area contributed by atoms with Crippen molar-refractivity contribution in [2.24, 2.45) is 0 Å². The minimum atomic E-state index is 0.208. The highest BCUT2D eigenvalue weighted by Crippen LogP contribution is 2.23. The van der Waals surface area contributed by atoms with Gasteiger partial charge in [-0.15, -0.1) is 0 Å². The van der Waals surface area contributed by atoms with E-state index in [4.69, 9.17) is 21.1 Å². The third-order valence-corrected chi connectivity index (χ3v) is 1.59. The van der Waals surface area contributed by atoms with Gasteiger partial charge in [0.2, 0.25) is 5.88 Å². The van der Waals surface area contributed by atoms with Gasteiger partial charge < -0.3 is 9.47 Å². The molecule has 1 aromatic rings. The van der Waals surface area contributed by atoms with E-state index in [0.29, 0.717) is 17.5 Å². The molecule has 0 N–H and O–H groups in total. The summed E-state index contributed by atoms with van der Waals surface area (Å²) in [5.74, 6) is 0.732. The molecule has 0 aliphatic heterocycles. The molecule has 0 amide bonds. The van der Waals surface area contributed by atoms with E-state index >= 15 is 0 Å². The van der Waals surface area contributed by atoms with Crippen LogP contribution in [0, 0.1) is 6.92 Å². The smallest absolute Gasteiger partial charge is 0.252 e. The molecular formula is C7H9ClN2O2. The Morgan fingerprint density at radius 3 is 2.17 bits per heavy atom. The van der Waals surface area contributed by atoms with Crippen LogP contribution in [0.3, 0.4) is 0 Å². The van der Waals surface area contributed by atoms with Gasteiger partial charge in [-0.1, -0.05) is 11.6 Å². The number of nitrogens with zero attached hydrogens (tertiary/aromatic N) is 2. The third kappa shape index (κ3) is 1.58. The monoisotopic (exact) mass is 188 g/mol. The number of aromatic nitrogens is 2. The molecule has 0 fully saturated rings. The van der Waals surface area contributed by atoms with Crippen LogP contribution >= 0.6 is 11.6 Å². The summed E-state index contributed by atoms with van der Waals surface area (Å²) in [4.78, 5) is 7.94. The molecule has 0 aromatic carbocycles. The second-order valence-corrected chi connectivity index (χ2v) is 2.48. The fourth-order valence-electron chi connectivity index (χ4n) is 0.787. The Kier molecular flexibility index (Phi) is 2.70. The van der Waals surface area contributed by atoms with Crippen molar-refractivity contribution >= 4 is 11.6 Å². The van der Waals surface area contributed by atoms with E-state index in [1.807, 2.05) is 0 Å². The van der Waals surface area contributed by atoms with Gasteiger partial charge in [0.1, 0.15) is 5.69 Å². The van der Waals surface area contributed by atoms with E-state index in [2.05, 4.69) is 9.97 Å². The van der Waals surface area contributed by atoms with Crippen molar-refractivity contribution < 1.29 is 9.47 Å². The van der Waals surface area contributed by atoms with Crippen molar-refractivity contribution in [2.45, 2.75) is 6.92 Å². The van der Waals surface area contributed by atoms with Crippen LogP contribution in [-0.2, 0) is 0 Å². The number of ether oxygens (including phenoxy) is 2. The van der Waals surface area contributed by atoms with Gasteiger partial charge in [0.25, 0.3) is 5.88 Å². The van der Waals surface area contributed by atoms with Crippen LogP contribution in [0.2, 0.25) is 5.15 Å². The van der Waals surface area contributed by atoms with Gasteiger partial charge >= 0.3 is 0 Å². The van der Waals surface area contributed by atoms with Crippen molar-refractivity contribution in [1.29, 1.82) is 0 Å². The number of hydrogen-bond acceptors (Lipinski definition) is 4. The Morgan fingerprint density at radius 2 is 1.67 bits per heavy atom. The molecule has 0 saturated carbocycles. The molecule has 0 spiro atoms. The van der Waals surface area contributed by atoms with Crippen LogP contribution in [0.1, 0.15) is 5.69 Å². The summed E-state index contributed by atoms with van der Waals surface area (Å²) in [6, 6.07) is 0. The molecule has 5 heteroatoms. The standard InChI is InChI=1S/C7H9ClN2O2/c1-4-6(11-2)10-5(8)7(9-4)12-3/h1-3H3. The second kappa shape index (κ2) is 3.58. The molecule has 1 rings (SSSR count). The lowest BCUT2D eigenvalue weighted by Gasteiger charge is -2.05. The van der Waals surface area contributed by atoms with E-state index in [0.717, 1.165) is 0 Å². The first-order valence-corrected chi connectivity index (χ1v) is 3.69. The quantitative estimate of drug-likeness (QED) is 0.705. The summed E-state index contributed by atoms with van der Waals surface area (Å²) in [6.45, 7) is 1.77. The van der Waals surface area contributed by atoms with Crippen molar-refractivity contribution in [3.8, 4) is 11.8 Å². The van der Waals surface area contributed by atoms with E-state index in [1.165, 1.54) is 14.2 Å². The normalized spacial score (nSPS) is 9.67. The number of methoxy groups -OCH3 is 2. The SMILES string of the molecule is COc1nc(Cl)c(OC)nc1C. The molecule has 1 heterocycles. The van der Waals surface area contributed by atoms with Crippen LogP contribution in [-0.4, -0.2) is 24.2 Å². The summed E-state index contributed by atoms with van der Waals surface area (Å²) in [7, 11) is 3.00. The number of aryl methyl sites for hydroxylation is 1. The Hall–Kier alpha value is -1.03. The Balaban J connectivity index is 3.16. The minimum absolute atomic E-state index is 0.208. The first-order chi connectivity index (χ1) is 5.69. The average Bonchev–Trinajstić information content (AvgIpc) is 2.08. The van der Waals surface area contributed by atoms with Gasteiger partial charge in [0.15, 0.2) is 5.15 Å². The first-order valence-electron chi connectivity index (χ1n) is 3.31. The van der Waals surface area contributed by atoms with E-state index in [-0.39, 0.29) is 5.15 Å². The zero-order valence-corrected chi connectivity index (χ0v) is 7.84. The maximum atomic E-state index is 5.70. The van der Waals surface area contributed by atoms with Gasteiger partial charge in [0.05, 0.1) is 14.2 Å². The second-order valence-electron chi connectivity index (χ2n) is 2.12. The molecule has 12 heavy (non-hydrogen) atoms. The summed E-state index contributed by atoms with van der Waals surface area (Å²) in [5.41, 5.74) is 0.652. The summed E-state index contributed by atoms with van der Waals surface area (Å²) in [5, 5.41) is 0.208. The number of hydrogen-bond donors (Lipinski definition) is 0. The minimum Gasteiger partial charge on any atom is -0.480 e. The molecule has 66 valence electrons. The Labute approximate surface area is 75.5 Å². The molecule has 0 saturated heterocycles. The summed E-state index contributed by atoms with van der Waals surface area (Å²) >= 11 is 5.70. The van der Waals surface area contributed by atoms with Gasteiger partial charge in [-0.05, 0) is 6.92 Å². The predicted octanol–water partition coefficient (Wildman–Crippen LogP) is 1.46. The molecular weight excluding hydrogens is 180 g/mol. The van der Waals surface area contributed by atoms with Gasteiger partial charge in [-0.3, -0.25) is 0 Å².